The second-order valence-electron chi connectivity index (χ2n) is 5.86. The van der Waals surface area contributed by atoms with Crippen LogP contribution in [-0.2, 0) is 4.79 Å². The zero-order valence-corrected chi connectivity index (χ0v) is 15.2. The summed E-state index contributed by atoms with van der Waals surface area (Å²) in [7, 11) is 0. The van der Waals surface area contributed by atoms with Crippen LogP contribution in [-0.4, -0.2) is 35.2 Å². The fourth-order valence-corrected chi connectivity index (χ4v) is 4.21. The van der Waals surface area contributed by atoms with E-state index in [4.69, 9.17) is 28.9 Å². The molecule has 0 bridgehead atoms. The number of nitrogens with zero attached hydrogens (tertiary/aromatic N) is 1. The highest BCUT2D eigenvalue weighted by molar-refractivity contribution is 8.00. The summed E-state index contributed by atoms with van der Waals surface area (Å²) in [5, 5.41) is 1.08. The summed E-state index contributed by atoms with van der Waals surface area (Å²) in [6.07, 6.45) is 1.97. The fourth-order valence-electron chi connectivity index (χ4n) is 2.71. The highest BCUT2D eigenvalue weighted by atomic mass is 35.5. The lowest BCUT2D eigenvalue weighted by Crippen LogP contribution is -2.45. The summed E-state index contributed by atoms with van der Waals surface area (Å²) in [5.74, 6) is 0.679. The molecule has 2 unspecified atom stereocenters. The summed E-state index contributed by atoms with van der Waals surface area (Å²) >= 11 is 13.6. The maximum atomic E-state index is 12.6. The Morgan fingerprint density at radius 1 is 1.32 bits per heavy atom. The van der Waals surface area contributed by atoms with Crippen LogP contribution in [0.2, 0.25) is 10.0 Å². The van der Waals surface area contributed by atoms with Crippen LogP contribution in [0.15, 0.2) is 23.1 Å². The quantitative estimate of drug-likeness (QED) is 0.823. The Kier molecular flexibility index (Phi) is 6.45. The molecule has 2 atom stereocenters. The molecule has 1 aromatic carbocycles. The first-order valence-electron chi connectivity index (χ1n) is 7.54. The van der Waals surface area contributed by atoms with Crippen molar-refractivity contribution in [2.75, 3.05) is 13.1 Å². The normalized spacial score (nSPS) is 19.0. The molecule has 22 heavy (non-hydrogen) atoms. The van der Waals surface area contributed by atoms with E-state index in [1.807, 2.05) is 18.7 Å². The van der Waals surface area contributed by atoms with E-state index in [0.29, 0.717) is 16.0 Å². The van der Waals surface area contributed by atoms with E-state index in [9.17, 15) is 4.79 Å². The van der Waals surface area contributed by atoms with E-state index in [1.165, 1.54) is 11.8 Å². The van der Waals surface area contributed by atoms with Gasteiger partial charge in [0.15, 0.2) is 0 Å². The molecule has 1 saturated heterocycles. The lowest BCUT2D eigenvalue weighted by Gasteiger charge is -2.35. The van der Waals surface area contributed by atoms with Gasteiger partial charge in [0, 0.05) is 29.0 Å². The number of thioether (sulfide) groups is 1. The molecular weight excluding hydrogens is 339 g/mol. The van der Waals surface area contributed by atoms with Crippen molar-refractivity contribution in [2.24, 2.45) is 11.7 Å². The van der Waals surface area contributed by atoms with Gasteiger partial charge >= 0.3 is 0 Å². The first-order chi connectivity index (χ1) is 10.4. The summed E-state index contributed by atoms with van der Waals surface area (Å²) < 4.78 is 0. The molecule has 0 aromatic heterocycles. The molecule has 0 spiro atoms. The molecule has 3 nitrogen and oxygen atoms in total. The van der Waals surface area contributed by atoms with E-state index in [2.05, 4.69) is 0 Å². The lowest BCUT2D eigenvalue weighted by atomic mass is 9.91. The van der Waals surface area contributed by atoms with Gasteiger partial charge in [-0.2, -0.15) is 0 Å². The molecule has 0 saturated carbocycles. The van der Waals surface area contributed by atoms with Gasteiger partial charge in [0.05, 0.1) is 10.3 Å². The maximum Gasteiger partial charge on any atom is 0.235 e. The molecule has 1 aliphatic heterocycles. The van der Waals surface area contributed by atoms with Crippen LogP contribution < -0.4 is 5.73 Å². The number of rotatable bonds is 4. The highest BCUT2D eigenvalue weighted by Crippen LogP contribution is 2.33. The number of hydrogen-bond acceptors (Lipinski definition) is 3. The molecule has 1 fully saturated rings. The molecule has 2 rings (SSSR count). The van der Waals surface area contributed by atoms with E-state index >= 15 is 0 Å². The first kappa shape index (κ1) is 17.9. The maximum absolute atomic E-state index is 12.6. The number of likely N-dealkylation sites (tertiary alicyclic amines) is 1. The third-order valence-electron chi connectivity index (χ3n) is 4.14. The summed E-state index contributed by atoms with van der Waals surface area (Å²) in [6.45, 7) is 5.54. The molecule has 0 aliphatic carbocycles. The predicted octanol–water partition coefficient (Wildman–Crippen LogP) is 4.06. The Balaban J connectivity index is 1.94. The van der Waals surface area contributed by atoms with Crippen molar-refractivity contribution in [2.45, 2.75) is 42.9 Å². The van der Waals surface area contributed by atoms with Crippen molar-refractivity contribution < 1.29 is 4.79 Å². The Hall–Kier alpha value is -0.420. The van der Waals surface area contributed by atoms with Crippen LogP contribution >= 0.6 is 35.0 Å². The number of hydrogen-bond donors (Lipinski definition) is 1. The SMILES string of the molecule is CC(Sc1cc(Cl)ccc1Cl)C(=O)N1CCC(C(C)N)CC1. The second kappa shape index (κ2) is 7.91. The highest BCUT2D eigenvalue weighted by Gasteiger charge is 2.28. The van der Waals surface area contributed by atoms with Crippen molar-refractivity contribution in [3.05, 3.63) is 28.2 Å². The molecular formula is C16H22Cl2N2OS. The van der Waals surface area contributed by atoms with Crippen molar-refractivity contribution in [1.29, 1.82) is 0 Å². The summed E-state index contributed by atoms with van der Waals surface area (Å²) in [6, 6.07) is 5.52. The standard InChI is InChI=1S/C16H22Cl2N2OS/c1-10(19)12-5-7-20(8-6-12)16(21)11(2)22-15-9-13(17)3-4-14(15)18/h3-4,9-12H,5-8,19H2,1-2H3. The third kappa shape index (κ3) is 4.54. The van der Waals surface area contributed by atoms with E-state index in [1.54, 1.807) is 18.2 Å². The number of halogens is 2. The van der Waals surface area contributed by atoms with Crippen LogP contribution in [0.1, 0.15) is 26.7 Å². The van der Waals surface area contributed by atoms with Crippen molar-refractivity contribution in [3.63, 3.8) is 0 Å². The molecule has 1 amide bonds. The van der Waals surface area contributed by atoms with E-state index in [-0.39, 0.29) is 17.2 Å². The molecule has 2 N–H and O–H groups in total. The minimum Gasteiger partial charge on any atom is -0.342 e. The number of piperidine rings is 1. The minimum atomic E-state index is -0.178. The predicted molar refractivity (Wildman–Crippen MR) is 94.7 cm³/mol. The van der Waals surface area contributed by atoms with Crippen LogP contribution in [0.25, 0.3) is 0 Å². The average Bonchev–Trinajstić information content (AvgIpc) is 2.50. The fraction of sp³-hybridized carbons (Fsp3) is 0.562. The van der Waals surface area contributed by atoms with Gasteiger partial charge in [-0.1, -0.05) is 23.2 Å². The first-order valence-corrected chi connectivity index (χ1v) is 9.18. The molecule has 1 heterocycles. The Labute approximate surface area is 146 Å². The van der Waals surface area contributed by atoms with Gasteiger partial charge in [-0.05, 0) is 50.8 Å². The van der Waals surface area contributed by atoms with E-state index < -0.39 is 0 Å². The number of carbonyl (C=O) groups excluding carboxylic acids is 1. The van der Waals surface area contributed by atoms with Gasteiger partial charge in [0.2, 0.25) is 5.91 Å². The van der Waals surface area contributed by atoms with Crippen LogP contribution in [0.4, 0.5) is 0 Å². The van der Waals surface area contributed by atoms with Gasteiger partial charge in [-0.25, -0.2) is 0 Å². The number of amides is 1. The van der Waals surface area contributed by atoms with Gasteiger partial charge in [0.25, 0.3) is 0 Å². The number of carbonyl (C=O) groups is 1. The van der Waals surface area contributed by atoms with Crippen LogP contribution in [0.3, 0.4) is 0 Å². The topological polar surface area (TPSA) is 46.3 Å². The van der Waals surface area contributed by atoms with Crippen molar-refractivity contribution in [3.8, 4) is 0 Å². The zero-order chi connectivity index (χ0) is 16.3. The van der Waals surface area contributed by atoms with Crippen molar-refractivity contribution >= 4 is 40.9 Å². The van der Waals surface area contributed by atoms with Crippen LogP contribution in [0, 0.1) is 5.92 Å². The molecule has 6 heteroatoms. The van der Waals surface area contributed by atoms with Crippen LogP contribution in [0.5, 0.6) is 0 Å². The second-order valence-corrected chi connectivity index (χ2v) is 8.08. The molecule has 1 aromatic rings. The Morgan fingerprint density at radius 3 is 2.55 bits per heavy atom. The largest absolute Gasteiger partial charge is 0.342 e. The molecule has 1 aliphatic rings. The number of benzene rings is 1. The van der Waals surface area contributed by atoms with Gasteiger partial charge in [-0.15, -0.1) is 11.8 Å². The minimum absolute atomic E-state index is 0.157. The smallest absolute Gasteiger partial charge is 0.235 e. The lowest BCUT2D eigenvalue weighted by molar-refractivity contribution is -0.131. The zero-order valence-electron chi connectivity index (χ0n) is 12.9. The molecule has 122 valence electrons. The van der Waals surface area contributed by atoms with Gasteiger partial charge in [0.1, 0.15) is 0 Å². The van der Waals surface area contributed by atoms with Crippen molar-refractivity contribution in [1.82, 2.24) is 4.90 Å². The monoisotopic (exact) mass is 360 g/mol. The van der Waals surface area contributed by atoms with E-state index in [0.717, 1.165) is 30.8 Å². The summed E-state index contributed by atoms with van der Waals surface area (Å²) in [5.41, 5.74) is 5.95. The Morgan fingerprint density at radius 2 is 1.95 bits per heavy atom. The Bertz CT molecular complexity index is 531. The van der Waals surface area contributed by atoms with Gasteiger partial charge < -0.3 is 10.6 Å². The molecule has 0 radical (unpaired) electrons. The average molecular weight is 361 g/mol. The van der Waals surface area contributed by atoms with Gasteiger partial charge in [-0.3, -0.25) is 4.79 Å². The third-order valence-corrected chi connectivity index (χ3v) is 5.96. The number of nitrogens with two attached hydrogens (primary N) is 1. The summed E-state index contributed by atoms with van der Waals surface area (Å²) in [4.78, 5) is 15.4.